The van der Waals surface area contributed by atoms with Crippen LogP contribution in [0.2, 0.25) is 0 Å². The molecule has 3 nitrogen and oxygen atoms in total. The Kier molecular flexibility index (Phi) is 7.55. The lowest BCUT2D eigenvalue weighted by atomic mass is 9.81. The second-order valence-electron chi connectivity index (χ2n) is 6.55. The van der Waals surface area contributed by atoms with Crippen LogP contribution in [-0.2, 0) is 4.79 Å². The topological polar surface area (TPSA) is 41.1 Å². The molecule has 2 rings (SSSR count). The number of halogens is 4. The second-order valence-corrected chi connectivity index (χ2v) is 6.55. The zero-order chi connectivity index (χ0) is 16.9. The third-order valence-corrected chi connectivity index (χ3v) is 4.51. The molecule has 1 fully saturated rings. The molecule has 1 atom stereocenters. The van der Waals surface area contributed by atoms with Gasteiger partial charge in [0.15, 0.2) is 0 Å². The normalized spacial score (nSPS) is 18.3. The molecule has 1 aliphatic rings. The van der Waals surface area contributed by atoms with Gasteiger partial charge in [0.05, 0.1) is 5.92 Å². The van der Waals surface area contributed by atoms with E-state index in [1.165, 1.54) is 12.1 Å². The van der Waals surface area contributed by atoms with E-state index in [1.807, 2.05) is 0 Å². The molecule has 24 heavy (non-hydrogen) atoms. The summed E-state index contributed by atoms with van der Waals surface area (Å²) in [6.45, 7) is 4.24. The largest absolute Gasteiger partial charge is 0.396 e. The van der Waals surface area contributed by atoms with Gasteiger partial charge in [-0.2, -0.15) is 13.2 Å². The Hall–Kier alpha value is -1.27. The minimum absolute atomic E-state index is 0. The summed E-state index contributed by atoms with van der Waals surface area (Å²) in [4.78, 5) is 12.0. The van der Waals surface area contributed by atoms with E-state index in [0.29, 0.717) is 6.54 Å². The first kappa shape index (κ1) is 20.8. The maximum atomic E-state index is 13.2. The van der Waals surface area contributed by atoms with E-state index in [-0.39, 0.29) is 23.4 Å². The van der Waals surface area contributed by atoms with Gasteiger partial charge in [-0.3, -0.25) is 4.79 Å². The van der Waals surface area contributed by atoms with Gasteiger partial charge in [0, 0.05) is 13.0 Å². The first-order valence-electron chi connectivity index (χ1n) is 7.89. The number of rotatable bonds is 5. The van der Waals surface area contributed by atoms with Gasteiger partial charge < -0.3 is 10.6 Å². The van der Waals surface area contributed by atoms with E-state index in [0.717, 1.165) is 25.9 Å². The first-order chi connectivity index (χ1) is 10.8. The highest BCUT2D eigenvalue weighted by Crippen LogP contribution is 2.37. The summed E-state index contributed by atoms with van der Waals surface area (Å²) >= 11 is 0. The fourth-order valence-electron chi connectivity index (χ4n) is 2.88. The van der Waals surface area contributed by atoms with Gasteiger partial charge in [-0.05, 0) is 36.9 Å². The lowest BCUT2D eigenvalue weighted by Gasteiger charge is -2.34. The van der Waals surface area contributed by atoms with E-state index in [9.17, 15) is 18.0 Å². The molecule has 1 aliphatic heterocycles. The Labute approximate surface area is 146 Å². The molecule has 1 aromatic rings. The highest BCUT2D eigenvalue weighted by Gasteiger charge is 2.42. The number of carbonyl (C=O) groups is 1. The van der Waals surface area contributed by atoms with Crippen molar-refractivity contribution in [2.45, 2.75) is 38.3 Å². The zero-order valence-electron chi connectivity index (χ0n) is 13.7. The third-order valence-electron chi connectivity index (χ3n) is 4.51. The number of hydrogen-bond donors (Lipinski definition) is 2. The lowest BCUT2D eigenvalue weighted by Crippen LogP contribution is -2.43. The SMILES string of the molecule is CC1(CNC(=O)CC(c2ccccc2)C(F)(F)F)CCNCC1.Cl. The molecule has 1 amide bonds. The van der Waals surface area contributed by atoms with Gasteiger partial charge >= 0.3 is 6.18 Å². The molecule has 0 radical (unpaired) electrons. The number of piperidine rings is 1. The number of carbonyl (C=O) groups excluding carboxylic acids is 1. The number of alkyl halides is 3. The van der Waals surface area contributed by atoms with Crippen molar-refractivity contribution in [2.75, 3.05) is 19.6 Å². The summed E-state index contributed by atoms with van der Waals surface area (Å²) in [5.74, 6) is -2.31. The molecule has 0 bridgehead atoms. The predicted octanol–water partition coefficient (Wildman–Crippen LogP) is 3.65. The smallest absolute Gasteiger partial charge is 0.356 e. The quantitative estimate of drug-likeness (QED) is 0.837. The Bertz CT molecular complexity index is 516. The van der Waals surface area contributed by atoms with Crippen LogP contribution in [0.15, 0.2) is 30.3 Å². The van der Waals surface area contributed by atoms with Gasteiger partial charge in [-0.1, -0.05) is 37.3 Å². The Balaban J connectivity index is 0.00000288. The molecule has 0 saturated carbocycles. The van der Waals surface area contributed by atoms with Crippen molar-refractivity contribution in [3.05, 3.63) is 35.9 Å². The van der Waals surface area contributed by atoms with Crippen LogP contribution in [0.25, 0.3) is 0 Å². The van der Waals surface area contributed by atoms with Crippen molar-refractivity contribution in [2.24, 2.45) is 5.41 Å². The number of hydrogen-bond acceptors (Lipinski definition) is 2. The zero-order valence-corrected chi connectivity index (χ0v) is 14.5. The highest BCUT2D eigenvalue weighted by atomic mass is 35.5. The van der Waals surface area contributed by atoms with Crippen LogP contribution in [0.4, 0.5) is 13.2 Å². The van der Waals surface area contributed by atoms with Crippen LogP contribution >= 0.6 is 12.4 Å². The average molecular weight is 365 g/mol. The van der Waals surface area contributed by atoms with Gasteiger partial charge in [0.25, 0.3) is 0 Å². The van der Waals surface area contributed by atoms with Crippen molar-refractivity contribution < 1.29 is 18.0 Å². The van der Waals surface area contributed by atoms with E-state index in [4.69, 9.17) is 0 Å². The van der Waals surface area contributed by atoms with Crippen LogP contribution in [0.1, 0.15) is 37.7 Å². The molecular formula is C17H24ClF3N2O. The fraction of sp³-hybridized carbons (Fsp3) is 0.588. The van der Waals surface area contributed by atoms with Crippen LogP contribution in [0.5, 0.6) is 0 Å². The van der Waals surface area contributed by atoms with E-state index >= 15 is 0 Å². The lowest BCUT2D eigenvalue weighted by molar-refractivity contribution is -0.157. The summed E-state index contributed by atoms with van der Waals surface area (Å²) in [6, 6.07) is 7.61. The predicted molar refractivity (Wildman–Crippen MR) is 90.3 cm³/mol. The first-order valence-corrected chi connectivity index (χ1v) is 7.89. The van der Waals surface area contributed by atoms with Crippen LogP contribution < -0.4 is 10.6 Å². The molecule has 1 unspecified atom stereocenters. The molecule has 1 heterocycles. The van der Waals surface area contributed by atoms with E-state index in [1.54, 1.807) is 18.2 Å². The van der Waals surface area contributed by atoms with Crippen molar-refractivity contribution in [1.29, 1.82) is 0 Å². The van der Waals surface area contributed by atoms with E-state index < -0.39 is 24.4 Å². The molecule has 7 heteroatoms. The maximum Gasteiger partial charge on any atom is 0.396 e. The average Bonchev–Trinajstić information content (AvgIpc) is 2.51. The number of amides is 1. The molecule has 0 spiro atoms. The standard InChI is InChI=1S/C17H23F3N2O.ClH/c1-16(7-9-21-10-8-16)12-22-15(23)11-14(17(18,19)20)13-5-3-2-4-6-13;/h2-6,14,21H,7-12H2,1H3,(H,22,23);1H. The Morgan fingerprint density at radius 1 is 1.25 bits per heavy atom. The summed E-state index contributed by atoms with van der Waals surface area (Å²) in [5.41, 5.74) is 0.0877. The second kappa shape index (κ2) is 8.72. The third kappa shape index (κ3) is 5.98. The number of nitrogens with one attached hydrogen (secondary N) is 2. The number of benzene rings is 1. The summed E-state index contributed by atoms with van der Waals surface area (Å²) in [5, 5.41) is 5.94. The summed E-state index contributed by atoms with van der Waals surface area (Å²) in [6.07, 6.45) is -3.18. The molecule has 0 aliphatic carbocycles. The minimum Gasteiger partial charge on any atom is -0.356 e. The maximum absolute atomic E-state index is 13.2. The Morgan fingerprint density at radius 2 is 1.83 bits per heavy atom. The monoisotopic (exact) mass is 364 g/mol. The van der Waals surface area contributed by atoms with Crippen molar-refractivity contribution >= 4 is 18.3 Å². The van der Waals surface area contributed by atoms with Crippen LogP contribution in [0.3, 0.4) is 0 Å². The molecule has 136 valence electrons. The van der Waals surface area contributed by atoms with Crippen molar-refractivity contribution in [3.63, 3.8) is 0 Å². The van der Waals surface area contributed by atoms with Crippen LogP contribution in [-0.4, -0.2) is 31.7 Å². The molecule has 2 N–H and O–H groups in total. The molecule has 0 aromatic heterocycles. The Morgan fingerprint density at radius 3 is 2.38 bits per heavy atom. The summed E-state index contributed by atoms with van der Waals surface area (Å²) < 4.78 is 39.7. The summed E-state index contributed by atoms with van der Waals surface area (Å²) in [7, 11) is 0. The van der Waals surface area contributed by atoms with Gasteiger partial charge in [-0.25, -0.2) is 0 Å². The van der Waals surface area contributed by atoms with Gasteiger partial charge in [0.1, 0.15) is 0 Å². The minimum atomic E-state index is -4.43. The van der Waals surface area contributed by atoms with Crippen molar-refractivity contribution in [1.82, 2.24) is 10.6 Å². The van der Waals surface area contributed by atoms with Crippen molar-refractivity contribution in [3.8, 4) is 0 Å². The molecule has 1 aromatic carbocycles. The highest BCUT2D eigenvalue weighted by molar-refractivity contribution is 5.85. The molecular weight excluding hydrogens is 341 g/mol. The van der Waals surface area contributed by atoms with Gasteiger partial charge in [0.2, 0.25) is 5.91 Å². The molecule has 1 saturated heterocycles. The fourth-order valence-corrected chi connectivity index (χ4v) is 2.88. The van der Waals surface area contributed by atoms with E-state index in [2.05, 4.69) is 17.6 Å². The van der Waals surface area contributed by atoms with Gasteiger partial charge in [-0.15, -0.1) is 12.4 Å². The van der Waals surface area contributed by atoms with Crippen LogP contribution in [0, 0.1) is 5.41 Å².